The second kappa shape index (κ2) is 12.0. The first kappa shape index (κ1) is 32.6. The van der Waals surface area contributed by atoms with E-state index in [1.54, 1.807) is 12.3 Å². The molecule has 14 heteroatoms. The Labute approximate surface area is 272 Å². The highest BCUT2D eigenvalue weighted by Crippen LogP contribution is 2.44. The van der Waals surface area contributed by atoms with Crippen molar-refractivity contribution in [1.82, 2.24) is 9.97 Å². The van der Waals surface area contributed by atoms with Crippen LogP contribution in [-0.4, -0.2) is 55.8 Å². The summed E-state index contributed by atoms with van der Waals surface area (Å²) in [6.45, 7) is 7.52. The fourth-order valence-corrected chi connectivity index (χ4v) is 11.3. The van der Waals surface area contributed by atoms with E-state index in [1.807, 2.05) is 20.8 Å². The van der Waals surface area contributed by atoms with Gasteiger partial charge in [0.1, 0.15) is 10.7 Å². The quantitative estimate of drug-likeness (QED) is 0.302. The van der Waals surface area contributed by atoms with Crippen LogP contribution in [0.25, 0.3) is 10.6 Å². The molecule has 0 amide bonds. The van der Waals surface area contributed by atoms with Gasteiger partial charge in [0.05, 0.1) is 33.5 Å². The molecule has 6 rings (SSSR count). The molecular weight excluding hydrogens is 653 g/mol. The van der Waals surface area contributed by atoms with Gasteiger partial charge in [-0.3, -0.25) is 9.71 Å². The molecule has 3 atom stereocenters. The zero-order chi connectivity index (χ0) is 33.0. The summed E-state index contributed by atoms with van der Waals surface area (Å²) in [5.74, 6) is -0.163. The molecule has 3 heterocycles. The minimum atomic E-state index is -4.46. The topological polar surface area (TPSA) is 130 Å². The Bertz CT molecular complexity index is 1950. The second-order valence-electron chi connectivity index (χ2n) is 13.1. The lowest BCUT2D eigenvalue weighted by atomic mass is 9.90. The smallest absolute Gasteiger partial charge is 0.265 e. The van der Waals surface area contributed by atoms with Crippen molar-refractivity contribution in [2.75, 3.05) is 27.3 Å². The molecule has 0 spiro atoms. The zero-order valence-corrected chi connectivity index (χ0v) is 28.3. The average molecular weight is 688 g/mol. The van der Waals surface area contributed by atoms with Crippen LogP contribution in [0.15, 0.2) is 58.5 Å². The molecule has 2 fully saturated rings. The number of nitrogens with zero attached hydrogens (tertiary/aromatic N) is 3. The fraction of sp³-hybridized carbons (Fsp3) is 0.406. The van der Waals surface area contributed by atoms with Gasteiger partial charge in [0.15, 0.2) is 15.7 Å². The lowest BCUT2D eigenvalue weighted by Gasteiger charge is -2.27. The van der Waals surface area contributed by atoms with Gasteiger partial charge < -0.3 is 5.32 Å². The Hall–Kier alpha value is -3.36. The Balaban J connectivity index is 1.36. The van der Waals surface area contributed by atoms with Gasteiger partial charge in [-0.05, 0) is 61.4 Å². The molecular formula is C32H35F2N5O4S3. The van der Waals surface area contributed by atoms with Crippen LogP contribution in [0.2, 0.25) is 0 Å². The van der Waals surface area contributed by atoms with E-state index in [0.29, 0.717) is 28.0 Å². The molecule has 2 aliphatic heterocycles. The number of benzene rings is 2. The van der Waals surface area contributed by atoms with Crippen molar-refractivity contribution in [1.29, 1.82) is 0 Å². The number of sulfone groups is 1. The van der Waals surface area contributed by atoms with E-state index >= 15 is 4.39 Å². The molecule has 3 aromatic rings. The van der Waals surface area contributed by atoms with E-state index < -0.39 is 36.4 Å². The molecule has 9 nitrogen and oxygen atoms in total. The maximum Gasteiger partial charge on any atom is 0.265 e. The summed E-state index contributed by atoms with van der Waals surface area (Å²) >= 11 is 1.46. The lowest BCUT2D eigenvalue weighted by Crippen LogP contribution is -2.25. The van der Waals surface area contributed by atoms with Crippen LogP contribution in [0.3, 0.4) is 0 Å². The van der Waals surface area contributed by atoms with E-state index in [4.69, 9.17) is 9.98 Å². The number of thioether (sulfide) groups is 1. The predicted molar refractivity (Wildman–Crippen MR) is 179 cm³/mol. The van der Waals surface area contributed by atoms with Gasteiger partial charge in [-0.15, -0.1) is 11.8 Å². The van der Waals surface area contributed by atoms with Crippen LogP contribution in [0, 0.1) is 35.8 Å². The third-order valence-electron chi connectivity index (χ3n) is 8.61. The van der Waals surface area contributed by atoms with E-state index in [-0.39, 0.29) is 51.6 Å². The molecule has 1 saturated carbocycles. The van der Waals surface area contributed by atoms with E-state index in [1.165, 1.54) is 49.0 Å². The highest BCUT2D eigenvalue weighted by molar-refractivity contribution is 8.09. The van der Waals surface area contributed by atoms with Gasteiger partial charge in [-0.25, -0.2) is 35.6 Å². The SMILES string of the molecule is Cc1cccc(F)c1S(=O)(=O)Nc1cccc(C2=C(c3ccnc(NC4C[C@@H]5CS(=O)(=O)C[C@@H]5C4)n3)SCC(C(C)(C)C)=N2)c1F. The molecule has 46 heavy (non-hydrogen) atoms. The van der Waals surface area contributed by atoms with Gasteiger partial charge in [0.2, 0.25) is 5.95 Å². The number of hydrogen-bond acceptors (Lipinski definition) is 9. The van der Waals surface area contributed by atoms with Crippen molar-refractivity contribution in [3.05, 3.63) is 77.1 Å². The number of aromatic nitrogens is 2. The Morgan fingerprint density at radius 2 is 1.70 bits per heavy atom. The summed E-state index contributed by atoms with van der Waals surface area (Å²) in [5, 5.41) is 3.37. The summed E-state index contributed by atoms with van der Waals surface area (Å²) < 4.78 is 83.6. The first-order chi connectivity index (χ1) is 21.6. The fourth-order valence-electron chi connectivity index (χ4n) is 6.33. The third-order valence-corrected chi connectivity index (χ3v) is 13.1. The van der Waals surface area contributed by atoms with Gasteiger partial charge >= 0.3 is 0 Å². The van der Waals surface area contributed by atoms with E-state index in [9.17, 15) is 21.2 Å². The molecule has 1 saturated heterocycles. The zero-order valence-electron chi connectivity index (χ0n) is 25.8. The Morgan fingerprint density at radius 1 is 1.00 bits per heavy atom. The molecule has 244 valence electrons. The molecule has 0 bridgehead atoms. The summed E-state index contributed by atoms with van der Waals surface area (Å²) in [4.78, 5) is 14.1. The van der Waals surface area contributed by atoms with E-state index in [0.717, 1.165) is 24.6 Å². The number of rotatable bonds is 7. The lowest BCUT2D eigenvalue weighted by molar-refractivity contribution is 0.494. The molecule has 0 radical (unpaired) electrons. The Kier molecular flexibility index (Phi) is 8.51. The highest BCUT2D eigenvalue weighted by atomic mass is 32.2. The van der Waals surface area contributed by atoms with Crippen molar-refractivity contribution >= 4 is 59.6 Å². The van der Waals surface area contributed by atoms with Crippen molar-refractivity contribution in [2.45, 2.75) is 51.5 Å². The normalized spacial score (nSPS) is 22.8. The van der Waals surface area contributed by atoms with Gasteiger partial charge in [-0.2, -0.15) is 0 Å². The number of nitrogens with one attached hydrogen (secondary N) is 2. The molecule has 1 aliphatic carbocycles. The third kappa shape index (κ3) is 6.56. The van der Waals surface area contributed by atoms with Crippen molar-refractivity contribution in [3.63, 3.8) is 0 Å². The first-order valence-corrected chi connectivity index (χ1v) is 19.2. The van der Waals surface area contributed by atoms with Gasteiger partial charge in [0, 0.05) is 34.7 Å². The number of sulfonamides is 1. The summed E-state index contributed by atoms with van der Waals surface area (Å²) in [6, 6.07) is 10.0. The summed E-state index contributed by atoms with van der Waals surface area (Å²) in [5.41, 5.74) is 1.23. The van der Waals surface area contributed by atoms with Crippen LogP contribution in [-0.2, 0) is 19.9 Å². The maximum atomic E-state index is 16.3. The largest absolute Gasteiger partial charge is 0.351 e. The van der Waals surface area contributed by atoms with E-state index in [2.05, 4.69) is 15.0 Å². The number of aliphatic imine (C=N–C) groups is 1. The van der Waals surface area contributed by atoms with Crippen LogP contribution >= 0.6 is 11.8 Å². The van der Waals surface area contributed by atoms with Gasteiger partial charge in [-0.1, -0.05) is 39.0 Å². The predicted octanol–water partition coefficient (Wildman–Crippen LogP) is 6.16. The number of aryl methyl sites for hydroxylation is 1. The minimum absolute atomic E-state index is 0.0407. The molecule has 3 aliphatic rings. The average Bonchev–Trinajstić information content (AvgIpc) is 3.45. The molecule has 1 unspecified atom stereocenters. The number of anilines is 2. The number of fused-ring (bicyclic) bond motifs is 1. The van der Waals surface area contributed by atoms with Crippen molar-refractivity contribution in [2.24, 2.45) is 22.2 Å². The van der Waals surface area contributed by atoms with Crippen LogP contribution in [0.5, 0.6) is 0 Å². The molecule has 2 N–H and O–H groups in total. The summed E-state index contributed by atoms with van der Waals surface area (Å²) in [6.07, 6.45) is 3.05. The van der Waals surface area contributed by atoms with Crippen molar-refractivity contribution < 1.29 is 25.6 Å². The monoisotopic (exact) mass is 687 g/mol. The Morgan fingerprint density at radius 3 is 2.37 bits per heavy atom. The minimum Gasteiger partial charge on any atom is -0.351 e. The van der Waals surface area contributed by atoms with Gasteiger partial charge in [0.25, 0.3) is 10.0 Å². The molecule has 2 aromatic carbocycles. The van der Waals surface area contributed by atoms with Crippen molar-refractivity contribution in [3.8, 4) is 0 Å². The van der Waals surface area contributed by atoms with Crippen LogP contribution < -0.4 is 10.0 Å². The second-order valence-corrected chi connectivity index (χ2v) is 17.9. The maximum absolute atomic E-state index is 16.3. The van der Waals surface area contributed by atoms with Crippen LogP contribution in [0.1, 0.15) is 50.4 Å². The number of hydrogen-bond donors (Lipinski definition) is 2. The van der Waals surface area contributed by atoms with Crippen LogP contribution in [0.4, 0.5) is 20.4 Å². The standard InChI is InChI=1S/C32H35F2N5O4S3/c1-18-7-5-9-23(33)30(18)46(42,43)39-24-10-6-8-22(27(24)34)28-29(44-15-26(38-28)32(2,3)4)25-11-12-35-31(37-25)36-21-13-19-16-45(40,41)17-20(19)14-21/h5-12,19-21,39H,13-17H2,1-4H3,(H,35,36,37)/t19-,20+,21?. The number of halogens is 2. The highest BCUT2D eigenvalue weighted by Gasteiger charge is 2.44. The molecule has 1 aromatic heterocycles. The first-order valence-electron chi connectivity index (χ1n) is 14.9. The summed E-state index contributed by atoms with van der Waals surface area (Å²) in [7, 11) is -7.43.